The molecule has 0 aliphatic rings. The Morgan fingerprint density at radius 3 is 2.19 bits per heavy atom. The third-order valence-corrected chi connectivity index (χ3v) is 3.66. The van der Waals surface area contributed by atoms with Gasteiger partial charge in [0, 0.05) is 6.07 Å². The lowest BCUT2D eigenvalue weighted by Gasteiger charge is -2.19. The second kappa shape index (κ2) is 9.31. The van der Waals surface area contributed by atoms with Crippen molar-refractivity contribution in [2.45, 2.75) is 19.1 Å². The topological polar surface area (TPSA) is 94.1 Å². The van der Waals surface area contributed by atoms with Crippen molar-refractivity contribution in [1.82, 2.24) is 5.32 Å². The molecule has 0 unspecified atom stereocenters. The first-order valence-corrected chi connectivity index (χ1v) is 7.93. The molecule has 1 atom stereocenters. The van der Waals surface area contributed by atoms with Crippen molar-refractivity contribution in [3.05, 3.63) is 59.7 Å². The van der Waals surface area contributed by atoms with E-state index in [1.807, 2.05) is 30.3 Å². The molecule has 0 heterocycles. The third-order valence-electron chi connectivity index (χ3n) is 3.66. The van der Waals surface area contributed by atoms with Gasteiger partial charge in [-0.1, -0.05) is 30.3 Å². The Hall–Kier alpha value is -3.22. The lowest BCUT2D eigenvalue weighted by molar-refractivity contribution is -0.137. The average molecular weight is 359 g/mol. The summed E-state index contributed by atoms with van der Waals surface area (Å²) >= 11 is 0. The van der Waals surface area contributed by atoms with E-state index in [1.54, 1.807) is 18.2 Å². The van der Waals surface area contributed by atoms with Gasteiger partial charge < -0.3 is 24.6 Å². The normalized spacial score (nSPS) is 11.3. The minimum Gasteiger partial charge on any atom is -0.497 e. The number of carboxylic acids is 1. The molecule has 7 nitrogen and oxygen atoms in total. The fraction of sp³-hybridized carbons (Fsp3) is 0.263. The highest BCUT2D eigenvalue weighted by molar-refractivity contribution is 5.72. The summed E-state index contributed by atoms with van der Waals surface area (Å²) in [7, 11) is 2.98. The number of ether oxygens (including phenoxy) is 3. The van der Waals surface area contributed by atoms with E-state index in [0.29, 0.717) is 17.1 Å². The molecular formula is C19H21NO6. The minimum absolute atomic E-state index is 0.0912. The monoisotopic (exact) mass is 359 g/mol. The van der Waals surface area contributed by atoms with Crippen LogP contribution in [0, 0.1) is 0 Å². The quantitative estimate of drug-likeness (QED) is 0.752. The number of benzene rings is 2. The van der Waals surface area contributed by atoms with Gasteiger partial charge >= 0.3 is 12.1 Å². The predicted octanol–water partition coefficient (Wildman–Crippen LogP) is 3.15. The smallest absolute Gasteiger partial charge is 0.407 e. The lowest BCUT2D eigenvalue weighted by Crippen LogP contribution is -2.30. The molecule has 26 heavy (non-hydrogen) atoms. The van der Waals surface area contributed by atoms with Crippen molar-refractivity contribution in [3.63, 3.8) is 0 Å². The second-order valence-corrected chi connectivity index (χ2v) is 5.50. The Kier molecular flexibility index (Phi) is 6.84. The van der Waals surface area contributed by atoms with Gasteiger partial charge in [-0.3, -0.25) is 4.79 Å². The number of carboxylic acid groups (broad SMARTS) is 1. The second-order valence-electron chi connectivity index (χ2n) is 5.50. The number of hydrogen-bond donors (Lipinski definition) is 2. The van der Waals surface area contributed by atoms with E-state index in [-0.39, 0.29) is 13.0 Å². The van der Waals surface area contributed by atoms with Gasteiger partial charge in [0.05, 0.1) is 26.7 Å². The Bertz CT molecular complexity index is 725. The zero-order valence-corrected chi connectivity index (χ0v) is 14.6. The summed E-state index contributed by atoms with van der Waals surface area (Å²) in [6.07, 6.45) is -1.02. The molecule has 0 bridgehead atoms. The summed E-state index contributed by atoms with van der Waals surface area (Å²) in [6, 6.07) is 13.4. The van der Waals surface area contributed by atoms with Gasteiger partial charge in [-0.15, -0.1) is 0 Å². The molecule has 1 amide bonds. The van der Waals surface area contributed by atoms with E-state index in [2.05, 4.69) is 5.32 Å². The molecule has 0 fully saturated rings. The Labute approximate surface area is 151 Å². The van der Waals surface area contributed by atoms with Gasteiger partial charge in [0.25, 0.3) is 0 Å². The van der Waals surface area contributed by atoms with Gasteiger partial charge in [0.15, 0.2) is 0 Å². The molecule has 0 radical (unpaired) electrons. The number of methoxy groups -OCH3 is 2. The molecule has 7 heteroatoms. The van der Waals surface area contributed by atoms with Crippen LogP contribution in [0.5, 0.6) is 11.5 Å². The standard InChI is InChI=1S/C19H21NO6/c1-24-15-8-14(9-16(10-15)25-2)17(11-18(21)22)20-19(23)26-12-13-6-4-3-5-7-13/h3-10,17H,11-12H2,1-2H3,(H,20,23)(H,21,22)/t17-/m1/s1. The van der Waals surface area contributed by atoms with E-state index in [1.165, 1.54) is 14.2 Å². The largest absolute Gasteiger partial charge is 0.497 e. The summed E-state index contributed by atoms with van der Waals surface area (Å²) in [5.74, 6) is -0.0662. The highest BCUT2D eigenvalue weighted by atomic mass is 16.5. The first-order chi connectivity index (χ1) is 12.5. The maximum atomic E-state index is 12.1. The minimum atomic E-state index is -1.06. The van der Waals surface area contributed by atoms with Crippen molar-refractivity contribution >= 4 is 12.1 Å². The maximum Gasteiger partial charge on any atom is 0.407 e. The average Bonchev–Trinajstić information content (AvgIpc) is 2.65. The van der Waals surface area contributed by atoms with E-state index >= 15 is 0 Å². The zero-order chi connectivity index (χ0) is 18.9. The highest BCUT2D eigenvalue weighted by Gasteiger charge is 2.20. The summed E-state index contributed by atoms with van der Waals surface area (Å²) in [5, 5.41) is 11.7. The first kappa shape index (κ1) is 19.1. The third kappa shape index (κ3) is 5.70. The van der Waals surface area contributed by atoms with Gasteiger partial charge in [-0.2, -0.15) is 0 Å². The van der Waals surface area contributed by atoms with Crippen molar-refractivity contribution in [3.8, 4) is 11.5 Å². The van der Waals surface area contributed by atoms with Crippen LogP contribution in [0.25, 0.3) is 0 Å². The molecule has 0 spiro atoms. The number of nitrogens with one attached hydrogen (secondary N) is 1. The summed E-state index contributed by atoms with van der Waals surface area (Å²) in [4.78, 5) is 23.3. The number of carbonyl (C=O) groups excluding carboxylic acids is 1. The van der Waals surface area contributed by atoms with Crippen LogP contribution in [-0.4, -0.2) is 31.4 Å². The van der Waals surface area contributed by atoms with Crippen molar-refractivity contribution in [1.29, 1.82) is 0 Å². The number of hydrogen-bond acceptors (Lipinski definition) is 5. The Balaban J connectivity index is 2.11. The molecule has 2 aromatic rings. The lowest BCUT2D eigenvalue weighted by atomic mass is 10.0. The number of amides is 1. The van der Waals surface area contributed by atoms with Crippen LogP contribution in [0.3, 0.4) is 0 Å². The van der Waals surface area contributed by atoms with Crippen LogP contribution in [-0.2, 0) is 16.1 Å². The zero-order valence-electron chi connectivity index (χ0n) is 14.6. The molecule has 0 aromatic heterocycles. The van der Waals surface area contributed by atoms with Crippen LogP contribution >= 0.6 is 0 Å². The molecular weight excluding hydrogens is 338 g/mol. The van der Waals surface area contributed by atoms with Crippen LogP contribution in [0.1, 0.15) is 23.6 Å². The Morgan fingerprint density at radius 1 is 1.04 bits per heavy atom. The van der Waals surface area contributed by atoms with Crippen molar-refractivity contribution < 1.29 is 28.9 Å². The number of aliphatic carboxylic acids is 1. The molecule has 0 saturated carbocycles. The molecule has 2 rings (SSSR count). The van der Waals surface area contributed by atoms with Gasteiger partial charge in [0.1, 0.15) is 18.1 Å². The molecule has 0 aliphatic heterocycles. The molecule has 138 valence electrons. The van der Waals surface area contributed by atoms with Gasteiger partial charge in [-0.05, 0) is 23.3 Å². The Morgan fingerprint density at radius 2 is 1.65 bits per heavy atom. The van der Waals surface area contributed by atoms with Crippen LogP contribution in [0.15, 0.2) is 48.5 Å². The van der Waals surface area contributed by atoms with Crippen molar-refractivity contribution in [2.24, 2.45) is 0 Å². The summed E-state index contributed by atoms with van der Waals surface area (Å²) in [6.45, 7) is 0.0912. The number of carbonyl (C=O) groups is 2. The first-order valence-electron chi connectivity index (χ1n) is 7.93. The maximum absolute atomic E-state index is 12.1. The van der Waals surface area contributed by atoms with Gasteiger partial charge in [-0.25, -0.2) is 4.79 Å². The van der Waals surface area contributed by atoms with E-state index in [9.17, 15) is 9.59 Å². The van der Waals surface area contributed by atoms with Crippen molar-refractivity contribution in [2.75, 3.05) is 14.2 Å². The van der Waals surface area contributed by atoms with Crippen LogP contribution in [0.2, 0.25) is 0 Å². The predicted molar refractivity (Wildman–Crippen MR) is 94.3 cm³/mol. The van der Waals surface area contributed by atoms with Gasteiger partial charge in [0.2, 0.25) is 0 Å². The molecule has 2 aromatic carbocycles. The van der Waals surface area contributed by atoms with E-state index in [0.717, 1.165) is 5.56 Å². The van der Waals surface area contributed by atoms with E-state index in [4.69, 9.17) is 19.3 Å². The number of alkyl carbamates (subject to hydrolysis) is 1. The summed E-state index contributed by atoms with van der Waals surface area (Å²) < 4.78 is 15.6. The molecule has 0 saturated heterocycles. The van der Waals surface area contributed by atoms with E-state index < -0.39 is 18.1 Å². The fourth-order valence-corrected chi connectivity index (χ4v) is 2.36. The summed E-state index contributed by atoms with van der Waals surface area (Å²) in [5.41, 5.74) is 1.38. The van der Waals surface area contributed by atoms with Crippen LogP contribution in [0.4, 0.5) is 4.79 Å². The SMILES string of the molecule is COc1cc(OC)cc([C@@H](CC(=O)O)NC(=O)OCc2ccccc2)c1. The van der Waals surface area contributed by atoms with Crippen LogP contribution < -0.4 is 14.8 Å². The fourth-order valence-electron chi connectivity index (χ4n) is 2.36. The highest BCUT2D eigenvalue weighted by Crippen LogP contribution is 2.28. The molecule has 0 aliphatic carbocycles. The number of rotatable bonds is 8. The molecule has 2 N–H and O–H groups in total.